The van der Waals surface area contributed by atoms with Gasteiger partial charge in [-0.3, -0.25) is 9.36 Å². The number of ether oxygens (including phenoxy) is 3. The highest BCUT2D eigenvalue weighted by atomic mass is 16.5. The minimum Gasteiger partial charge on any atom is -0.492 e. The maximum Gasteiger partial charge on any atom is 0.361 e. The zero-order valence-corrected chi connectivity index (χ0v) is 18.5. The number of methoxy groups -OCH3 is 1. The summed E-state index contributed by atoms with van der Waals surface area (Å²) in [5.41, 5.74) is 0.409. The van der Waals surface area contributed by atoms with E-state index < -0.39 is 11.5 Å². The lowest BCUT2D eigenvalue weighted by molar-refractivity contribution is 0.0514. The molecule has 0 saturated heterocycles. The second-order valence-electron chi connectivity index (χ2n) is 6.95. The number of hydrogen-bond donors (Lipinski definition) is 0. The molecule has 0 amide bonds. The summed E-state index contributed by atoms with van der Waals surface area (Å²) in [4.78, 5) is 31.8. The number of rotatable bonds is 10. The lowest BCUT2D eigenvalue weighted by Gasteiger charge is -2.26. The van der Waals surface area contributed by atoms with Gasteiger partial charge in [-0.05, 0) is 24.6 Å². The van der Waals surface area contributed by atoms with E-state index in [0.717, 1.165) is 11.3 Å². The first kappa shape index (κ1) is 22.9. The third-order valence-electron chi connectivity index (χ3n) is 4.77. The Bertz CT molecular complexity index is 1080. The van der Waals surface area contributed by atoms with Crippen LogP contribution in [0.25, 0.3) is 0 Å². The van der Waals surface area contributed by atoms with Crippen LogP contribution in [0.1, 0.15) is 23.0 Å². The summed E-state index contributed by atoms with van der Waals surface area (Å²) in [7, 11) is 2.93. The average Bonchev–Trinajstić information content (AvgIpc) is 2.81. The van der Waals surface area contributed by atoms with Gasteiger partial charge in [-0.25, -0.2) is 9.78 Å². The van der Waals surface area contributed by atoms with E-state index in [4.69, 9.17) is 14.2 Å². The van der Waals surface area contributed by atoms with Gasteiger partial charge in [0.2, 0.25) is 11.7 Å². The minimum absolute atomic E-state index is 0.144. The molecule has 8 nitrogen and oxygen atoms in total. The van der Waals surface area contributed by atoms with Gasteiger partial charge in [0.15, 0.2) is 5.69 Å². The van der Waals surface area contributed by atoms with E-state index in [1.807, 2.05) is 65.6 Å². The molecule has 0 aliphatic rings. The number of carbonyl (C=O) groups excluding carboxylic acids is 1. The molecule has 0 N–H and O–H groups in total. The van der Waals surface area contributed by atoms with Crippen molar-refractivity contribution in [2.45, 2.75) is 13.5 Å². The number of anilines is 1. The third-order valence-corrected chi connectivity index (χ3v) is 4.77. The number of para-hydroxylation sites is 1. The highest BCUT2D eigenvalue weighted by Crippen LogP contribution is 2.20. The molecule has 0 spiro atoms. The lowest BCUT2D eigenvalue weighted by Crippen LogP contribution is -2.36. The maximum absolute atomic E-state index is 12.9. The fourth-order valence-corrected chi connectivity index (χ4v) is 3.22. The monoisotopic (exact) mass is 437 g/mol. The molecule has 2 aromatic carbocycles. The van der Waals surface area contributed by atoms with Crippen molar-refractivity contribution in [3.05, 3.63) is 82.3 Å². The first-order chi connectivity index (χ1) is 15.5. The Morgan fingerprint density at radius 2 is 1.72 bits per heavy atom. The molecule has 0 aliphatic heterocycles. The number of aromatic nitrogens is 2. The number of nitrogens with zero attached hydrogens (tertiary/aromatic N) is 3. The summed E-state index contributed by atoms with van der Waals surface area (Å²) in [5, 5.41) is 0. The molecule has 0 aliphatic carbocycles. The largest absolute Gasteiger partial charge is 0.492 e. The Hall–Kier alpha value is -3.81. The number of carbonyl (C=O) groups is 1. The van der Waals surface area contributed by atoms with Crippen molar-refractivity contribution in [1.82, 2.24) is 9.55 Å². The molecule has 1 aromatic heterocycles. The molecule has 0 atom stereocenters. The van der Waals surface area contributed by atoms with Gasteiger partial charge in [0.1, 0.15) is 12.4 Å². The summed E-state index contributed by atoms with van der Waals surface area (Å²) < 4.78 is 17.5. The first-order valence-electron chi connectivity index (χ1n) is 10.3. The van der Waals surface area contributed by atoms with E-state index >= 15 is 0 Å². The number of esters is 1. The molecule has 0 fully saturated rings. The van der Waals surface area contributed by atoms with Gasteiger partial charge >= 0.3 is 5.97 Å². The first-order valence-corrected chi connectivity index (χ1v) is 10.3. The Labute approximate surface area is 187 Å². The van der Waals surface area contributed by atoms with Gasteiger partial charge < -0.3 is 19.1 Å². The quantitative estimate of drug-likeness (QED) is 0.451. The van der Waals surface area contributed by atoms with Gasteiger partial charge in [-0.2, -0.15) is 0 Å². The van der Waals surface area contributed by atoms with E-state index in [2.05, 4.69) is 4.98 Å². The van der Waals surface area contributed by atoms with Crippen molar-refractivity contribution >= 4 is 11.9 Å². The standard InChI is InChI=1S/C24H27N3O5/c1-4-31-23(29)20-21(30-3)22(28)26(2)24(25-20)27(17-18-11-7-5-8-12-18)15-16-32-19-13-9-6-10-14-19/h5-14H,4,15-17H2,1-3H3. The Morgan fingerprint density at radius 3 is 2.34 bits per heavy atom. The molecule has 3 rings (SSSR count). The fourth-order valence-electron chi connectivity index (χ4n) is 3.22. The van der Waals surface area contributed by atoms with E-state index in [1.165, 1.54) is 11.7 Å². The molecule has 168 valence electrons. The van der Waals surface area contributed by atoms with E-state index in [0.29, 0.717) is 25.6 Å². The summed E-state index contributed by atoms with van der Waals surface area (Å²) in [6, 6.07) is 19.3. The van der Waals surface area contributed by atoms with Crippen LogP contribution in [0.2, 0.25) is 0 Å². The smallest absolute Gasteiger partial charge is 0.361 e. The lowest BCUT2D eigenvalue weighted by atomic mass is 10.2. The molecule has 1 heterocycles. The molecule has 0 saturated carbocycles. The summed E-state index contributed by atoms with van der Waals surface area (Å²) >= 11 is 0. The van der Waals surface area contributed by atoms with Gasteiger partial charge in [0.25, 0.3) is 5.56 Å². The third kappa shape index (κ3) is 5.46. The van der Waals surface area contributed by atoms with Crippen LogP contribution in [-0.4, -0.2) is 42.4 Å². The fraction of sp³-hybridized carbons (Fsp3) is 0.292. The van der Waals surface area contributed by atoms with Crippen LogP contribution in [0, 0.1) is 0 Å². The number of hydrogen-bond acceptors (Lipinski definition) is 7. The molecule has 0 unspecified atom stereocenters. The van der Waals surface area contributed by atoms with Crippen LogP contribution in [-0.2, 0) is 18.3 Å². The average molecular weight is 437 g/mol. The highest BCUT2D eigenvalue weighted by molar-refractivity contribution is 5.90. The Kier molecular flexibility index (Phi) is 7.85. The molecule has 32 heavy (non-hydrogen) atoms. The second-order valence-corrected chi connectivity index (χ2v) is 6.95. The molecule has 3 aromatic rings. The maximum atomic E-state index is 12.9. The van der Waals surface area contributed by atoms with E-state index in [1.54, 1.807) is 14.0 Å². The molecule has 0 bridgehead atoms. The van der Waals surface area contributed by atoms with E-state index in [9.17, 15) is 9.59 Å². The van der Waals surface area contributed by atoms with Crippen LogP contribution in [0.5, 0.6) is 11.5 Å². The van der Waals surface area contributed by atoms with E-state index in [-0.39, 0.29) is 18.1 Å². The molecule has 8 heteroatoms. The Morgan fingerprint density at radius 1 is 1.06 bits per heavy atom. The topological polar surface area (TPSA) is 82.9 Å². The summed E-state index contributed by atoms with van der Waals surface area (Å²) in [5.74, 6) is 0.216. The van der Waals surface area contributed by atoms with Gasteiger partial charge in [0.05, 0.1) is 20.3 Å². The van der Waals surface area contributed by atoms with Crippen LogP contribution in [0.15, 0.2) is 65.5 Å². The van der Waals surface area contributed by atoms with Crippen molar-refractivity contribution in [2.75, 3.05) is 31.8 Å². The van der Waals surface area contributed by atoms with Gasteiger partial charge in [-0.1, -0.05) is 48.5 Å². The highest BCUT2D eigenvalue weighted by Gasteiger charge is 2.25. The minimum atomic E-state index is -0.705. The second kappa shape index (κ2) is 11.0. The SMILES string of the molecule is CCOC(=O)c1nc(N(CCOc2ccccc2)Cc2ccccc2)n(C)c(=O)c1OC. The number of benzene rings is 2. The predicted octanol–water partition coefficient (Wildman–Crippen LogP) is 3.05. The van der Waals surface area contributed by atoms with Crippen molar-refractivity contribution in [1.29, 1.82) is 0 Å². The summed E-state index contributed by atoms with van der Waals surface area (Å²) in [6.45, 7) is 3.10. The van der Waals surface area contributed by atoms with Crippen LogP contribution in [0.3, 0.4) is 0 Å². The molecular weight excluding hydrogens is 410 g/mol. The van der Waals surface area contributed by atoms with Crippen molar-refractivity contribution in [3.8, 4) is 11.5 Å². The summed E-state index contributed by atoms with van der Waals surface area (Å²) in [6.07, 6.45) is 0. The van der Waals surface area contributed by atoms with Crippen LogP contribution >= 0.6 is 0 Å². The normalized spacial score (nSPS) is 10.5. The van der Waals surface area contributed by atoms with Crippen molar-refractivity contribution < 1.29 is 19.0 Å². The molecular formula is C24H27N3O5. The zero-order valence-electron chi connectivity index (χ0n) is 18.5. The van der Waals surface area contributed by atoms with Gasteiger partial charge in [-0.15, -0.1) is 0 Å². The van der Waals surface area contributed by atoms with Crippen LogP contribution in [0.4, 0.5) is 5.95 Å². The van der Waals surface area contributed by atoms with Crippen molar-refractivity contribution in [2.24, 2.45) is 7.05 Å². The predicted molar refractivity (Wildman–Crippen MR) is 121 cm³/mol. The zero-order chi connectivity index (χ0) is 22.9. The van der Waals surface area contributed by atoms with Crippen molar-refractivity contribution in [3.63, 3.8) is 0 Å². The van der Waals surface area contributed by atoms with Crippen LogP contribution < -0.4 is 19.9 Å². The Balaban J connectivity index is 1.96. The molecule has 0 radical (unpaired) electrons. The van der Waals surface area contributed by atoms with Gasteiger partial charge in [0, 0.05) is 13.6 Å².